The maximum absolute atomic E-state index is 5.18. The molecule has 0 atom stereocenters. The van der Waals surface area contributed by atoms with E-state index in [9.17, 15) is 0 Å². The van der Waals surface area contributed by atoms with Crippen molar-refractivity contribution in [1.29, 1.82) is 0 Å². The SMILES string of the molecule is COc1ccc(CN=C(NCc2nnc(C)n2C)NC2CC2)cc1.I. The van der Waals surface area contributed by atoms with Gasteiger partial charge in [0.25, 0.3) is 0 Å². The molecular weight excluding hydrogens is 431 g/mol. The molecule has 0 radical (unpaired) electrons. The van der Waals surface area contributed by atoms with Gasteiger partial charge < -0.3 is 19.9 Å². The van der Waals surface area contributed by atoms with E-state index < -0.39 is 0 Å². The Kier molecular flexibility index (Phi) is 7.03. The van der Waals surface area contributed by atoms with Gasteiger partial charge in [-0.15, -0.1) is 34.2 Å². The summed E-state index contributed by atoms with van der Waals surface area (Å²) < 4.78 is 7.16. The Hall–Kier alpha value is -1.84. The van der Waals surface area contributed by atoms with Gasteiger partial charge in [0.15, 0.2) is 11.8 Å². The quantitative estimate of drug-likeness (QED) is 0.396. The Morgan fingerprint density at radius 1 is 1.28 bits per heavy atom. The van der Waals surface area contributed by atoms with Crippen molar-refractivity contribution in [2.24, 2.45) is 12.0 Å². The highest BCUT2D eigenvalue weighted by Crippen LogP contribution is 2.18. The van der Waals surface area contributed by atoms with Gasteiger partial charge in [0.05, 0.1) is 20.2 Å². The minimum absolute atomic E-state index is 0. The third kappa shape index (κ3) is 5.58. The van der Waals surface area contributed by atoms with Gasteiger partial charge in [-0.2, -0.15) is 0 Å². The first kappa shape index (κ1) is 19.5. The predicted molar refractivity (Wildman–Crippen MR) is 108 cm³/mol. The first-order chi connectivity index (χ1) is 11.7. The second kappa shape index (κ2) is 9.02. The van der Waals surface area contributed by atoms with Crippen LogP contribution in [0.1, 0.15) is 30.1 Å². The van der Waals surface area contributed by atoms with Crippen molar-refractivity contribution < 1.29 is 4.74 Å². The van der Waals surface area contributed by atoms with Crippen LogP contribution >= 0.6 is 24.0 Å². The zero-order valence-electron chi connectivity index (χ0n) is 14.8. The van der Waals surface area contributed by atoms with E-state index in [0.29, 0.717) is 19.1 Å². The summed E-state index contributed by atoms with van der Waals surface area (Å²) in [5, 5.41) is 15.0. The summed E-state index contributed by atoms with van der Waals surface area (Å²) in [5.41, 5.74) is 1.14. The number of rotatable bonds is 6. The summed E-state index contributed by atoms with van der Waals surface area (Å²) in [6.45, 7) is 3.15. The average Bonchev–Trinajstić information content (AvgIpc) is 3.37. The summed E-state index contributed by atoms with van der Waals surface area (Å²) in [6.07, 6.45) is 2.40. The minimum atomic E-state index is 0. The van der Waals surface area contributed by atoms with Crippen LogP contribution < -0.4 is 15.4 Å². The molecule has 7 nitrogen and oxygen atoms in total. The highest BCUT2D eigenvalue weighted by molar-refractivity contribution is 14.0. The second-order valence-corrected chi connectivity index (χ2v) is 6.01. The summed E-state index contributed by atoms with van der Waals surface area (Å²) >= 11 is 0. The van der Waals surface area contributed by atoms with E-state index in [0.717, 1.165) is 28.9 Å². The molecule has 1 heterocycles. The summed E-state index contributed by atoms with van der Waals surface area (Å²) in [4.78, 5) is 4.68. The summed E-state index contributed by atoms with van der Waals surface area (Å²) in [7, 11) is 3.64. The molecule has 1 fully saturated rings. The van der Waals surface area contributed by atoms with Crippen molar-refractivity contribution in [3.05, 3.63) is 41.5 Å². The standard InChI is InChI=1S/C17H24N6O.HI/c1-12-21-22-16(23(12)2)11-19-17(20-14-6-7-14)18-10-13-4-8-15(24-3)9-5-13;/h4-5,8-9,14H,6-7,10-11H2,1-3H3,(H2,18,19,20);1H. The number of benzene rings is 1. The number of aliphatic imine (C=N–C) groups is 1. The smallest absolute Gasteiger partial charge is 0.192 e. The number of halogens is 1. The Balaban J connectivity index is 0.00000225. The van der Waals surface area contributed by atoms with E-state index >= 15 is 0 Å². The fraction of sp³-hybridized carbons (Fsp3) is 0.471. The third-order valence-corrected chi connectivity index (χ3v) is 4.09. The molecule has 1 aliphatic rings. The van der Waals surface area contributed by atoms with E-state index in [1.54, 1.807) is 7.11 Å². The number of nitrogens with one attached hydrogen (secondary N) is 2. The van der Waals surface area contributed by atoms with Gasteiger partial charge in [-0.05, 0) is 37.5 Å². The first-order valence-corrected chi connectivity index (χ1v) is 8.18. The number of nitrogens with zero attached hydrogens (tertiary/aromatic N) is 4. The van der Waals surface area contributed by atoms with Crippen LogP contribution in [0, 0.1) is 6.92 Å². The molecule has 0 amide bonds. The van der Waals surface area contributed by atoms with Crippen molar-refractivity contribution in [1.82, 2.24) is 25.4 Å². The topological polar surface area (TPSA) is 76.4 Å². The van der Waals surface area contributed by atoms with Crippen LogP contribution in [-0.2, 0) is 20.1 Å². The average molecular weight is 456 g/mol. The number of hydrogen-bond acceptors (Lipinski definition) is 4. The lowest BCUT2D eigenvalue weighted by atomic mass is 10.2. The normalized spacial score (nSPS) is 14.0. The van der Waals surface area contributed by atoms with Crippen molar-refractivity contribution >= 4 is 29.9 Å². The van der Waals surface area contributed by atoms with E-state index in [4.69, 9.17) is 4.74 Å². The van der Waals surface area contributed by atoms with Gasteiger partial charge >= 0.3 is 0 Å². The molecule has 0 bridgehead atoms. The monoisotopic (exact) mass is 456 g/mol. The van der Waals surface area contributed by atoms with Crippen LogP contribution in [0.5, 0.6) is 5.75 Å². The molecule has 8 heteroatoms. The van der Waals surface area contributed by atoms with Crippen molar-refractivity contribution in [3.8, 4) is 5.75 Å². The van der Waals surface area contributed by atoms with Crippen molar-refractivity contribution in [2.45, 2.75) is 38.9 Å². The molecular formula is C17H25IN6O. The predicted octanol–water partition coefficient (Wildman–Crippen LogP) is 2.15. The first-order valence-electron chi connectivity index (χ1n) is 8.18. The molecule has 0 spiro atoms. The molecule has 136 valence electrons. The van der Waals surface area contributed by atoms with Crippen LogP contribution in [0.4, 0.5) is 0 Å². The highest BCUT2D eigenvalue weighted by atomic mass is 127. The molecule has 1 aromatic carbocycles. The Bertz CT molecular complexity index is 708. The van der Waals surface area contributed by atoms with Crippen LogP contribution in [0.3, 0.4) is 0 Å². The zero-order chi connectivity index (χ0) is 16.9. The summed E-state index contributed by atoms with van der Waals surface area (Å²) in [6, 6.07) is 8.50. The molecule has 2 N–H and O–H groups in total. The number of aromatic nitrogens is 3. The summed E-state index contributed by atoms with van der Waals surface area (Å²) in [5.74, 6) is 3.46. The Labute approximate surface area is 165 Å². The van der Waals surface area contributed by atoms with Crippen LogP contribution in [0.25, 0.3) is 0 Å². The van der Waals surface area contributed by atoms with Crippen molar-refractivity contribution in [3.63, 3.8) is 0 Å². The Morgan fingerprint density at radius 2 is 2.00 bits per heavy atom. The fourth-order valence-corrected chi connectivity index (χ4v) is 2.24. The van der Waals surface area contributed by atoms with Gasteiger partial charge in [0, 0.05) is 13.1 Å². The number of ether oxygens (including phenoxy) is 1. The number of aryl methyl sites for hydroxylation is 1. The van der Waals surface area contributed by atoms with Crippen molar-refractivity contribution in [2.75, 3.05) is 7.11 Å². The lowest BCUT2D eigenvalue weighted by Crippen LogP contribution is -2.38. The van der Waals surface area contributed by atoms with Gasteiger partial charge in [-0.25, -0.2) is 4.99 Å². The molecule has 0 unspecified atom stereocenters. The van der Waals surface area contributed by atoms with Gasteiger partial charge in [-0.1, -0.05) is 12.1 Å². The van der Waals surface area contributed by atoms with Crippen LogP contribution in [-0.4, -0.2) is 33.9 Å². The Morgan fingerprint density at radius 3 is 2.56 bits per heavy atom. The molecule has 0 aliphatic heterocycles. The molecule has 3 rings (SSSR count). The van der Waals surface area contributed by atoms with Gasteiger partial charge in [0.1, 0.15) is 11.6 Å². The lowest BCUT2D eigenvalue weighted by molar-refractivity contribution is 0.414. The van der Waals surface area contributed by atoms with E-state index in [2.05, 4.69) is 25.8 Å². The van der Waals surface area contributed by atoms with Gasteiger partial charge in [-0.3, -0.25) is 0 Å². The zero-order valence-corrected chi connectivity index (χ0v) is 17.2. The lowest BCUT2D eigenvalue weighted by Gasteiger charge is -2.12. The molecule has 0 saturated heterocycles. The fourth-order valence-electron chi connectivity index (χ4n) is 2.24. The molecule has 1 aliphatic carbocycles. The number of guanidine groups is 1. The number of hydrogen-bond donors (Lipinski definition) is 2. The minimum Gasteiger partial charge on any atom is -0.497 e. The molecule has 2 aromatic rings. The largest absolute Gasteiger partial charge is 0.497 e. The molecule has 1 aromatic heterocycles. The molecule has 25 heavy (non-hydrogen) atoms. The highest BCUT2D eigenvalue weighted by Gasteiger charge is 2.22. The van der Waals surface area contributed by atoms with E-state index in [-0.39, 0.29) is 24.0 Å². The van der Waals surface area contributed by atoms with E-state index in [1.807, 2.05) is 42.8 Å². The van der Waals surface area contributed by atoms with E-state index in [1.165, 1.54) is 12.8 Å². The second-order valence-electron chi connectivity index (χ2n) is 6.01. The van der Waals surface area contributed by atoms with Crippen LogP contribution in [0.15, 0.2) is 29.3 Å². The maximum Gasteiger partial charge on any atom is 0.192 e. The van der Waals surface area contributed by atoms with Crippen LogP contribution in [0.2, 0.25) is 0 Å². The van der Waals surface area contributed by atoms with Gasteiger partial charge in [0.2, 0.25) is 0 Å². The maximum atomic E-state index is 5.18. The third-order valence-electron chi connectivity index (χ3n) is 4.09. The molecule has 1 saturated carbocycles. The number of methoxy groups -OCH3 is 1.